The van der Waals surface area contributed by atoms with E-state index >= 15 is 0 Å². The molecule has 1 N–H and O–H groups in total. The van der Waals surface area contributed by atoms with Gasteiger partial charge in [0.1, 0.15) is 11.5 Å². The molecule has 0 aromatic heterocycles. The molecule has 0 heterocycles. The van der Waals surface area contributed by atoms with Gasteiger partial charge < -0.3 is 19.5 Å². The normalized spacial score (nSPS) is 11.4. The second-order valence-electron chi connectivity index (χ2n) is 9.56. The number of ether oxygens (including phenoxy) is 2. The molecule has 5 aromatic carbocycles. The van der Waals surface area contributed by atoms with Crippen LogP contribution in [0.2, 0.25) is 0 Å². The monoisotopic (exact) mass is 527 g/mol. The van der Waals surface area contributed by atoms with Gasteiger partial charge in [0.2, 0.25) is 6.29 Å². The number of benzene rings is 5. The Morgan fingerprint density at radius 1 is 0.675 bits per heavy atom. The van der Waals surface area contributed by atoms with E-state index in [4.69, 9.17) is 9.47 Å². The summed E-state index contributed by atoms with van der Waals surface area (Å²) < 4.78 is 11.4. The predicted octanol–water partition coefficient (Wildman–Crippen LogP) is 8.64. The first-order valence-electron chi connectivity index (χ1n) is 13.4. The van der Waals surface area contributed by atoms with E-state index in [1.165, 1.54) is 22.8 Å². The molecule has 40 heavy (non-hydrogen) atoms. The number of hydrogen-bond donors (Lipinski definition) is 1. The van der Waals surface area contributed by atoms with Crippen molar-refractivity contribution < 1.29 is 14.6 Å². The Morgan fingerprint density at radius 3 is 1.80 bits per heavy atom. The second-order valence-corrected chi connectivity index (χ2v) is 9.56. The van der Waals surface area contributed by atoms with Crippen molar-refractivity contribution in [3.63, 3.8) is 0 Å². The third-order valence-electron chi connectivity index (χ3n) is 6.66. The number of para-hydroxylation sites is 1. The first-order chi connectivity index (χ1) is 19.6. The molecule has 4 nitrogen and oxygen atoms in total. The molecule has 0 spiro atoms. The molecule has 1 unspecified atom stereocenters. The van der Waals surface area contributed by atoms with E-state index in [0.717, 1.165) is 34.8 Å². The zero-order valence-corrected chi connectivity index (χ0v) is 22.6. The molecular weight excluding hydrogens is 494 g/mol. The molecule has 0 aliphatic heterocycles. The van der Waals surface area contributed by atoms with Gasteiger partial charge in [-0.15, -0.1) is 0 Å². The van der Waals surface area contributed by atoms with E-state index in [1.807, 2.05) is 42.5 Å². The first-order valence-corrected chi connectivity index (χ1v) is 13.4. The molecule has 5 rings (SSSR count). The fourth-order valence-corrected chi connectivity index (χ4v) is 4.47. The molecule has 0 aliphatic rings. The highest BCUT2D eigenvalue weighted by atomic mass is 16.6. The molecule has 0 aliphatic carbocycles. The van der Waals surface area contributed by atoms with Gasteiger partial charge >= 0.3 is 0 Å². The molecule has 0 saturated carbocycles. The summed E-state index contributed by atoms with van der Waals surface area (Å²) in [5.74, 6) is 1.42. The van der Waals surface area contributed by atoms with Gasteiger partial charge in [-0.1, -0.05) is 78.9 Å². The predicted molar refractivity (Wildman–Crippen MR) is 164 cm³/mol. The van der Waals surface area contributed by atoms with Gasteiger partial charge in [0.05, 0.1) is 6.61 Å². The van der Waals surface area contributed by atoms with Crippen molar-refractivity contribution >= 4 is 17.1 Å². The van der Waals surface area contributed by atoms with Crippen molar-refractivity contribution in [1.82, 2.24) is 0 Å². The second kappa shape index (κ2) is 12.8. The summed E-state index contributed by atoms with van der Waals surface area (Å²) in [7, 11) is 0. The number of hydrogen-bond acceptors (Lipinski definition) is 4. The molecule has 5 aromatic rings. The Morgan fingerprint density at radius 2 is 1.20 bits per heavy atom. The largest absolute Gasteiger partial charge is 0.493 e. The molecule has 0 fully saturated rings. The molecule has 4 heteroatoms. The highest BCUT2D eigenvalue weighted by Gasteiger charge is 2.13. The maximum absolute atomic E-state index is 9.53. The zero-order chi connectivity index (χ0) is 27.7. The minimum atomic E-state index is -1.01. The third kappa shape index (κ3) is 6.79. The van der Waals surface area contributed by atoms with Gasteiger partial charge in [-0.3, -0.25) is 0 Å². The van der Waals surface area contributed by atoms with Crippen molar-refractivity contribution in [3.8, 4) is 22.6 Å². The van der Waals surface area contributed by atoms with E-state index < -0.39 is 6.29 Å². The maximum Gasteiger partial charge on any atom is 0.216 e. The summed E-state index contributed by atoms with van der Waals surface area (Å²) in [6, 6.07) is 43.5. The van der Waals surface area contributed by atoms with Crippen LogP contribution in [-0.4, -0.2) is 18.0 Å². The number of aliphatic hydroxyl groups is 1. The first kappa shape index (κ1) is 26.8. The van der Waals surface area contributed by atoms with Crippen LogP contribution in [0.3, 0.4) is 0 Å². The number of nitrogens with zero attached hydrogens (tertiary/aromatic N) is 1. The molecule has 0 radical (unpaired) electrons. The molecule has 0 saturated heterocycles. The number of aliphatic hydroxyl groups excluding tert-OH is 1. The Kier molecular flexibility index (Phi) is 8.60. The fraction of sp³-hybridized carbons (Fsp3) is 0.111. The van der Waals surface area contributed by atoms with Crippen LogP contribution in [0.15, 0.2) is 140 Å². The quantitative estimate of drug-likeness (QED) is 0.138. The Balaban J connectivity index is 1.27. The Bertz CT molecular complexity index is 1490. The van der Waals surface area contributed by atoms with E-state index in [-0.39, 0.29) is 0 Å². The smallest absolute Gasteiger partial charge is 0.216 e. The number of aryl methyl sites for hydroxylation is 1. The van der Waals surface area contributed by atoms with Crippen LogP contribution in [0.5, 0.6) is 11.5 Å². The average molecular weight is 528 g/mol. The van der Waals surface area contributed by atoms with E-state index in [2.05, 4.69) is 103 Å². The Labute approximate surface area is 236 Å². The minimum Gasteiger partial charge on any atom is -0.493 e. The van der Waals surface area contributed by atoms with Crippen LogP contribution in [-0.2, 0) is 6.42 Å². The van der Waals surface area contributed by atoms with Crippen LogP contribution >= 0.6 is 0 Å². The lowest BCUT2D eigenvalue weighted by atomic mass is 10.0. The van der Waals surface area contributed by atoms with Crippen LogP contribution < -0.4 is 14.4 Å². The van der Waals surface area contributed by atoms with E-state index in [1.54, 1.807) is 0 Å². The van der Waals surface area contributed by atoms with E-state index in [0.29, 0.717) is 12.4 Å². The summed E-state index contributed by atoms with van der Waals surface area (Å²) in [6.07, 6.45) is 1.09. The highest BCUT2D eigenvalue weighted by Crippen LogP contribution is 2.36. The van der Waals surface area contributed by atoms with E-state index in [9.17, 15) is 5.11 Å². The standard InChI is InChI=1S/C36H33NO3/c1-3-36(38)40-35-21-11-28(12-22-35)25-26-39-34-23-19-33(20-24-34)37(31-7-5-4-6-8-31)32-17-15-30(16-18-32)29-13-9-27(2)10-14-29/h3-24,36,38H,1,25-26H2,2H3. The van der Waals surface area contributed by atoms with Gasteiger partial charge in [-0.2, -0.15) is 0 Å². The molecule has 0 amide bonds. The molecular formula is C36H33NO3. The lowest BCUT2D eigenvalue weighted by Crippen LogP contribution is -2.11. The lowest BCUT2D eigenvalue weighted by Gasteiger charge is -2.26. The van der Waals surface area contributed by atoms with Crippen LogP contribution in [0.25, 0.3) is 11.1 Å². The third-order valence-corrected chi connectivity index (χ3v) is 6.66. The summed E-state index contributed by atoms with van der Waals surface area (Å²) in [5, 5.41) is 9.53. The highest BCUT2D eigenvalue weighted by molar-refractivity contribution is 5.78. The van der Waals surface area contributed by atoms with Gasteiger partial charge in [0, 0.05) is 23.5 Å². The van der Waals surface area contributed by atoms with Gasteiger partial charge in [-0.05, 0) is 90.4 Å². The Hall–Kier alpha value is -4.80. The van der Waals surface area contributed by atoms with Crippen molar-refractivity contribution in [3.05, 3.63) is 151 Å². The van der Waals surface area contributed by atoms with Crippen LogP contribution in [0.1, 0.15) is 11.1 Å². The van der Waals surface area contributed by atoms with Crippen LogP contribution in [0.4, 0.5) is 17.1 Å². The van der Waals surface area contributed by atoms with Crippen LogP contribution in [0, 0.1) is 6.92 Å². The van der Waals surface area contributed by atoms with Gasteiger partial charge in [0.15, 0.2) is 0 Å². The van der Waals surface area contributed by atoms with Crippen molar-refractivity contribution in [2.24, 2.45) is 0 Å². The fourth-order valence-electron chi connectivity index (χ4n) is 4.47. The number of anilines is 3. The number of rotatable bonds is 11. The topological polar surface area (TPSA) is 41.9 Å². The van der Waals surface area contributed by atoms with Crippen molar-refractivity contribution in [1.29, 1.82) is 0 Å². The summed E-state index contributed by atoms with van der Waals surface area (Å²) in [5.41, 5.74) is 8.02. The van der Waals surface area contributed by atoms with Gasteiger partial charge in [-0.25, -0.2) is 0 Å². The zero-order valence-electron chi connectivity index (χ0n) is 22.6. The molecule has 1 atom stereocenters. The summed E-state index contributed by atoms with van der Waals surface area (Å²) in [6.45, 7) is 6.17. The minimum absolute atomic E-state index is 0.553. The lowest BCUT2D eigenvalue weighted by molar-refractivity contribution is 0.0250. The summed E-state index contributed by atoms with van der Waals surface area (Å²) >= 11 is 0. The van der Waals surface area contributed by atoms with Crippen molar-refractivity contribution in [2.45, 2.75) is 19.6 Å². The summed E-state index contributed by atoms with van der Waals surface area (Å²) in [4.78, 5) is 2.25. The molecule has 200 valence electrons. The average Bonchev–Trinajstić information content (AvgIpc) is 3.00. The SMILES string of the molecule is C=CC(O)Oc1ccc(CCOc2ccc(N(c3ccccc3)c3ccc(-c4ccc(C)cc4)cc3)cc2)cc1. The van der Waals surface area contributed by atoms with Gasteiger partial charge in [0.25, 0.3) is 0 Å². The van der Waals surface area contributed by atoms with Crippen molar-refractivity contribution in [2.75, 3.05) is 11.5 Å². The molecule has 0 bridgehead atoms. The maximum atomic E-state index is 9.53.